The second kappa shape index (κ2) is 7.97. The van der Waals surface area contributed by atoms with Gasteiger partial charge in [-0.2, -0.15) is 0 Å². The van der Waals surface area contributed by atoms with Gasteiger partial charge in [-0.1, -0.05) is 17.4 Å². The highest BCUT2D eigenvalue weighted by molar-refractivity contribution is 7.22. The Morgan fingerprint density at radius 2 is 2.12 bits per heavy atom. The highest BCUT2D eigenvalue weighted by atomic mass is 32.1. The summed E-state index contributed by atoms with van der Waals surface area (Å²) in [7, 11) is 1.56. The fourth-order valence-corrected chi connectivity index (χ4v) is 3.23. The molecule has 1 amide bonds. The zero-order valence-electron chi connectivity index (χ0n) is 14.3. The summed E-state index contributed by atoms with van der Waals surface area (Å²) in [5, 5.41) is 3.11. The minimum Gasteiger partial charge on any atom is -0.493 e. The van der Waals surface area contributed by atoms with Crippen molar-refractivity contribution >= 4 is 38.7 Å². The predicted molar refractivity (Wildman–Crippen MR) is 101 cm³/mol. The molecule has 0 atom stereocenters. The van der Waals surface area contributed by atoms with E-state index in [0.717, 1.165) is 5.56 Å². The lowest BCUT2D eigenvalue weighted by molar-refractivity contribution is -0.111. The van der Waals surface area contributed by atoms with E-state index in [1.807, 2.05) is 13.0 Å². The molecule has 26 heavy (non-hydrogen) atoms. The van der Waals surface area contributed by atoms with Gasteiger partial charge in [0.2, 0.25) is 5.91 Å². The van der Waals surface area contributed by atoms with Crippen LogP contribution in [-0.4, -0.2) is 24.6 Å². The Morgan fingerprint density at radius 3 is 2.88 bits per heavy atom. The molecule has 1 heterocycles. The van der Waals surface area contributed by atoms with Crippen LogP contribution < -0.4 is 14.8 Å². The average Bonchev–Trinajstić information content (AvgIpc) is 3.02. The van der Waals surface area contributed by atoms with Gasteiger partial charge >= 0.3 is 0 Å². The Hall–Kier alpha value is -2.93. The van der Waals surface area contributed by atoms with E-state index in [4.69, 9.17) is 9.47 Å². The Kier molecular flexibility index (Phi) is 5.48. The molecule has 0 aliphatic rings. The third kappa shape index (κ3) is 4.18. The van der Waals surface area contributed by atoms with Crippen molar-refractivity contribution in [2.45, 2.75) is 6.92 Å². The monoisotopic (exact) mass is 372 g/mol. The van der Waals surface area contributed by atoms with E-state index in [9.17, 15) is 9.18 Å². The van der Waals surface area contributed by atoms with Crippen molar-refractivity contribution in [2.24, 2.45) is 0 Å². The van der Waals surface area contributed by atoms with Gasteiger partial charge in [0, 0.05) is 6.08 Å². The van der Waals surface area contributed by atoms with E-state index in [1.165, 1.54) is 29.5 Å². The first-order valence-corrected chi connectivity index (χ1v) is 8.76. The van der Waals surface area contributed by atoms with E-state index < -0.39 is 0 Å². The van der Waals surface area contributed by atoms with Gasteiger partial charge < -0.3 is 9.47 Å². The summed E-state index contributed by atoms with van der Waals surface area (Å²) in [6.07, 6.45) is 3.07. The summed E-state index contributed by atoms with van der Waals surface area (Å²) in [5.74, 6) is 0.599. The van der Waals surface area contributed by atoms with E-state index in [2.05, 4.69) is 10.3 Å². The fourth-order valence-electron chi connectivity index (χ4n) is 2.33. The summed E-state index contributed by atoms with van der Waals surface area (Å²) in [5.41, 5.74) is 1.44. The van der Waals surface area contributed by atoms with E-state index in [0.29, 0.717) is 33.5 Å². The van der Waals surface area contributed by atoms with Gasteiger partial charge in [0.05, 0.1) is 23.9 Å². The van der Waals surface area contributed by atoms with Gasteiger partial charge in [-0.25, -0.2) is 9.37 Å². The zero-order chi connectivity index (χ0) is 18.5. The molecule has 0 bridgehead atoms. The summed E-state index contributed by atoms with van der Waals surface area (Å²) < 4.78 is 24.6. The summed E-state index contributed by atoms with van der Waals surface area (Å²) in [6, 6.07) is 9.73. The van der Waals surface area contributed by atoms with Crippen LogP contribution in [-0.2, 0) is 4.79 Å². The van der Waals surface area contributed by atoms with Crippen LogP contribution >= 0.6 is 11.3 Å². The fraction of sp³-hybridized carbons (Fsp3) is 0.158. The van der Waals surface area contributed by atoms with Gasteiger partial charge in [0.1, 0.15) is 5.82 Å². The molecule has 7 heteroatoms. The minimum absolute atomic E-state index is 0.322. The Balaban J connectivity index is 1.70. The first-order chi connectivity index (χ1) is 12.6. The second-order valence-corrected chi connectivity index (χ2v) is 6.33. The van der Waals surface area contributed by atoms with Gasteiger partial charge in [0.15, 0.2) is 16.6 Å². The SMILES string of the molecule is CCOc1ccc(/C=C/C(=O)Nc2nc3ccc(F)cc3s2)cc1OC. The lowest BCUT2D eigenvalue weighted by Gasteiger charge is -2.09. The van der Waals surface area contributed by atoms with Crippen molar-refractivity contribution in [3.63, 3.8) is 0 Å². The summed E-state index contributed by atoms with van der Waals surface area (Å²) in [6.45, 7) is 2.44. The van der Waals surface area contributed by atoms with E-state index in [-0.39, 0.29) is 11.7 Å². The number of hydrogen-bond donors (Lipinski definition) is 1. The minimum atomic E-state index is -0.330. The van der Waals surface area contributed by atoms with Crippen molar-refractivity contribution in [1.82, 2.24) is 4.98 Å². The summed E-state index contributed by atoms with van der Waals surface area (Å²) >= 11 is 1.22. The molecule has 0 saturated carbocycles. The van der Waals surface area contributed by atoms with Gasteiger partial charge in [0.25, 0.3) is 0 Å². The smallest absolute Gasteiger partial charge is 0.250 e. The molecule has 1 N–H and O–H groups in total. The molecule has 0 spiro atoms. The molecule has 0 unspecified atom stereocenters. The molecule has 3 aromatic rings. The van der Waals surface area contributed by atoms with Crippen LogP contribution in [0.2, 0.25) is 0 Å². The normalized spacial score (nSPS) is 11.0. The number of ether oxygens (including phenoxy) is 2. The number of methoxy groups -OCH3 is 1. The maximum absolute atomic E-state index is 13.2. The molecule has 1 aromatic heterocycles. The van der Waals surface area contributed by atoms with Crippen LogP contribution in [0.25, 0.3) is 16.3 Å². The molecule has 3 rings (SSSR count). The van der Waals surface area contributed by atoms with Gasteiger partial charge in [-0.15, -0.1) is 0 Å². The molecule has 0 aliphatic carbocycles. The molecule has 134 valence electrons. The zero-order valence-corrected chi connectivity index (χ0v) is 15.1. The molecule has 2 aromatic carbocycles. The third-order valence-electron chi connectivity index (χ3n) is 3.50. The average molecular weight is 372 g/mol. The number of rotatable bonds is 6. The number of carbonyl (C=O) groups excluding carboxylic acids is 1. The number of carbonyl (C=O) groups is 1. The standard InChI is InChI=1S/C19H17FN2O3S/c1-3-25-15-8-4-12(10-16(15)24-2)5-9-18(23)22-19-21-14-7-6-13(20)11-17(14)26-19/h4-11H,3H2,1-2H3,(H,21,22,23)/b9-5+. The first-order valence-electron chi connectivity index (χ1n) is 7.95. The maximum Gasteiger partial charge on any atom is 0.250 e. The van der Waals surface area contributed by atoms with Gasteiger partial charge in [-0.3, -0.25) is 10.1 Å². The van der Waals surface area contributed by atoms with Crippen LogP contribution in [0.15, 0.2) is 42.5 Å². The lowest BCUT2D eigenvalue weighted by atomic mass is 10.2. The highest BCUT2D eigenvalue weighted by Crippen LogP contribution is 2.29. The molecular weight excluding hydrogens is 355 g/mol. The Morgan fingerprint density at radius 1 is 1.27 bits per heavy atom. The number of anilines is 1. The number of benzene rings is 2. The van der Waals surface area contributed by atoms with Gasteiger partial charge in [-0.05, 0) is 48.9 Å². The van der Waals surface area contributed by atoms with Crippen molar-refractivity contribution in [3.05, 3.63) is 53.9 Å². The maximum atomic E-state index is 13.2. The molecule has 0 radical (unpaired) electrons. The highest BCUT2D eigenvalue weighted by Gasteiger charge is 2.07. The number of fused-ring (bicyclic) bond motifs is 1. The second-order valence-electron chi connectivity index (χ2n) is 5.30. The van der Waals surface area contributed by atoms with Crippen LogP contribution in [0.3, 0.4) is 0 Å². The molecular formula is C19H17FN2O3S. The van der Waals surface area contributed by atoms with Crippen LogP contribution in [0.5, 0.6) is 11.5 Å². The number of nitrogens with zero attached hydrogens (tertiary/aromatic N) is 1. The van der Waals surface area contributed by atoms with E-state index in [1.54, 1.807) is 31.4 Å². The molecule has 5 nitrogen and oxygen atoms in total. The Labute approximate surface area is 154 Å². The van der Waals surface area contributed by atoms with Crippen LogP contribution in [0.1, 0.15) is 12.5 Å². The quantitative estimate of drug-likeness (QED) is 0.648. The predicted octanol–water partition coefficient (Wildman–Crippen LogP) is 4.49. The summed E-state index contributed by atoms with van der Waals surface area (Å²) in [4.78, 5) is 16.3. The molecule has 0 aliphatic heterocycles. The van der Waals surface area contributed by atoms with Crippen molar-refractivity contribution in [1.29, 1.82) is 0 Å². The molecule has 0 fully saturated rings. The van der Waals surface area contributed by atoms with Crippen LogP contribution in [0, 0.1) is 5.82 Å². The topological polar surface area (TPSA) is 60.5 Å². The number of thiazole rings is 1. The number of amides is 1. The lowest BCUT2D eigenvalue weighted by Crippen LogP contribution is -2.07. The van der Waals surface area contributed by atoms with Crippen molar-refractivity contribution in [3.8, 4) is 11.5 Å². The van der Waals surface area contributed by atoms with Crippen molar-refractivity contribution < 1.29 is 18.7 Å². The Bertz CT molecular complexity index is 969. The number of aromatic nitrogens is 1. The third-order valence-corrected chi connectivity index (χ3v) is 4.43. The molecule has 0 saturated heterocycles. The van der Waals surface area contributed by atoms with E-state index >= 15 is 0 Å². The van der Waals surface area contributed by atoms with Crippen LogP contribution in [0.4, 0.5) is 9.52 Å². The number of hydrogen-bond acceptors (Lipinski definition) is 5. The first kappa shape index (κ1) is 17.9. The van der Waals surface area contributed by atoms with Crippen molar-refractivity contribution in [2.75, 3.05) is 19.0 Å². The number of halogens is 1. The number of nitrogens with one attached hydrogen (secondary N) is 1. The largest absolute Gasteiger partial charge is 0.493 e.